The van der Waals surface area contributed by atoms with Crippen LogP contribution in [-0.4, -0.2) is 37.9 Å². The van der Waals surface area contributed by atoms with Crippen molar-refractivity contribution >= 4 is 10.0 Å². The predicted octanol–water partition coefficient (Wildman–Crippen LogP) is -0.669. The third-order valence-electron chi connectivity index (χ3n) is 2.23. The second-order valence-electron chi connectivity index (χ2n) is 3.75. The molecule has 0 unspecified atom stereocenters. The molecule has 0 spiro atoms. The van der Waals surface area contributed by atoms with Crippen LogP contribution in [0.3, 0.4) is 0 Å². The third kappa shape index (κ3) is 4.43. The maximum Gasteiger partial charge on any atom is 0.216 e. The Morgan fingerprint density at radius 3 is 2.22 bits per heavy atom. The maximum atomic E-state index is 11.7. The summed E-state index contributed by atoms with van der Waals surface area (Å²) < 4.78 is 25.5. The Balaban J connectivity index is 2.73. The van der Waals surface area contributed by atoms with Gasteiger partial charge >= 0.3 is 0 Å². The Kier molecular flexibility index (Phi) is 5.25. The molecule has 0 aliphatic rings. The standard InChI is InChI=1S/C11H14N2O4S/c12-5-9-1-3-10(4-2-9)8-18(16,17)13-11(6-14)7-15/h1-4,11,13-15H,6-8H2. The molecule has 0 heterocycles. The molecule has 0 saturated carbocycles. The first-order valence-corrected chi connectivity index (χ1v) is 6.86. The van der Waals surface area contributed by atoms with Crippen LogP contribution in [0.4, 0.5) is 0 Å². The van der Waals surface area contributed by atoms with Crippen molar-refractivity contribution in [3.8, 4) is 6.07 Å². The van der Waals surface area contributed by atoms with Crippen LogP contribution in [0.1, 0.15) is 11.1 Å². The van der Waals surface area contributed by atoms with Gasteiger partial charge in [0.1, 0.15) is 0 Å². The fourth-order valence-corrected chi connectivity index (χ4v) is 2.69. The van der Waals surface area contributed by atoms with Crippen molar-refractivity contribution in [3.05, 3.63) is 35.4 Å². The van der Waals surface area contributed by atoms with E-state index in [1.165, 1.54) is 12.1 Å². The zero-order valence-electron chi connectivity index (χ0n) is 9.57. The van der Waals surface area contributed by atoms with E-state index in [4.69, 9.17) is 15.5 Å². The number of benzene rings is 1. The monoisotopic (exact) mass is 270 g/mol. The number of nitrogens with zero attached hydrogens (tertiary/aromatic N) is 1. The van der Waals surface area contributed by atoms with Crippen molar-refractivity contribution in [2.24, 2.45) is 0 Å². The number of aliphatic hydroxyl groups excluding tert-OH is 2. The first-order chi connectivity index (χ1) is 8.50. The number of aliphatic hydroxyl groups is 2. The molecule has 0 aliphatic heterocycles. The lowest BCUT2D eigenvalue weighted by Crippen LogP contribution is -2.40. The normalized spacial score (nSPS) is 11.4. The van der Waals surface area contributed by atoms with Crippen LogP contribution in [0.15, 0.2) is 24.3 Å². The number of rotatable bonds is 6. The second kappa shape index (κ2) is 6.47. The molecule has 0 atom stereocenters. The number of hydrogen-bond acceptors (Lipinski definition) is 5. The molecule has 1 aromatic rings. The molecule has 0 fully saturated rings. The van der Waals surface area contributed by atoms with Crippen molar-refractivity contribution in [2.75, 3.05) is 13.2 Å². The smallest absolute Gasteiger partial charge is 0.216 e. The molecule has 0 bridgehead atoms. The fourth-order valence-electron chi connectivity index (χ4n) is 1.32. The molecule has 7 heteroatoms. The third-order valence-corrected chi connectivity index (χ3v) is 3.63. The van der Waals surface area contributed by atoms with E-state index in [0.29, 0.717) is 11.1 Å². The fraction of sp³-hybridized carbons (Fsp3) is 0.364. The lowest BCUT2D eigenvalue weighted by atomic mass is 10.2. The van der Waals surface area contributed by atoms with Gasteiger partial charge in [0.15, 0.2) is 0 Å². The van der Waals surface area contributed by atoms with Crippen LogP contribution >= 0.6 is 0 Å². The highest BCUT2D eigenvalue weighted by molar-refractivity contribution is 7.88. The van der Waals surface area contributed by atoms with E-state index < -0.39 is 29.3 Å². The van der Waals surface area contributed by atoms with Crippen molar-refractivity contribution in [1.29, 1.82) is 5.26 Å². The average Bonchev–Trinajstić information content (AvgIpc) is 2.36. The van der Waals surface area contributed by atoms with Crippen LogP contribution < -0.4 is 4.72 Å². The van der Waals surface area contributed by atoms with Crippen LogP contribution in [-0.2, 0) is 15.8 Å². The van der Waals surface area contributed by atoms with Crippen molar-refractivity contribution in [1.82, 2.24) is 4.72 Å². The van der Waals surface area contributed by atoms with E-state index in [1.807, 2.05) is 6.07 Å². The minimum atomic E-state index is -3.63. The van der Waals surface area contributed by atoms with Gasteiger partial charge in [-0.3, -0.25) is 0 Å². The van der Waals surface area contributed by atoms with E-state index >= 15 is 0 Å². The zero-order chi connectivity index (χ0) is 13.6. The summed E-state index contributed by atoms with van der Waals surface area (Å²) in [6.07, 6.45) is 0. The van der Waals surface area contributed by atoms with Crippen LogP contribution in [0.2, 0.25) is 0 Å². The Morgan fingerprint density at radius 2 is 1.78 bits per heavy atom. The van der Waals surface area contributed by atoms with Gasteiger partial charge < -0.3 is 10.2 Å². The molecule has 18 heavy (non-hydrogen) atoms. The summed E-state index contributed by atoms with van der Waals surface area (Å²) in [7, 11) is -3.63. The maximum absolute atomic E-state index is 11.7. The molecule has 0 aromatic heterocycles. The van der Waals surface area contributed by atoms with Gasteiger partial charge in [0.25, 0.3) is 0 Å². The Bertz CT molecular complexity index is 515. The highest BCUT2D eigenvalue weighted by Crippen LogP contribution is 2.07. The molecule has 98 valence electrons. The summed E-state index contributed by atoms with van der Waals surface area (Å²) in [5, 5.41) is 26.2. The highest BCUT2D eigenvalue weighted by atomic mass is 32.2. The minimum Gasteiger partial charge on any atom is -0.395 e. The zero-order valence-corrected chi connectivity index (χ0v) is 10.4. The van der Waals surface area contributed by atoms with E-state index in [-0.39, 0.29) is 5.75 Å². The second-order valence-corrected chi connectivity index (χ2v) is 5.50. The van der Waals surface area contributed by atoms with E-state index in [2.05, 4.69) is 4.72 Å². The summed E-state index contributed by atoms with van der Waals surface area (Å²) in [6, 6.07) is 7.19. The number of hydrogen-bond donors (Lipinski definition) is 3. The molecular weight excluding hydrogens is 256 g/mol. The summed E-state index contributed by atoms with van der Waals surface area (Å²) in [5.41, 5.74) is 0.976. The van der Waals surface area contributed by atoms with E-state index in [1.54, 1.807) is 12.1 Å². The minimum absolute atomic E-state index is 0.269. The van der Waals surface area contributed by atoms with Crippen LogP contribution in [0, 0.1) is 11.3 Å². The first kappa shape index (κ1) is 14.6. The van der Waals surface area contributed by atoms with Gasteiger partial charge in [-0.1, -0.05) is 12.1 Å². The van der Waals surface area contributed by atoms with Gasteiger partial charge in [0, 0.05) is 0 Å². The van der Waals surface area contributed by atoms with Crippen molar-refractivity contribution in [3.63, 3.8) is 0 Å². The van der Waals surface area contributed by atoms with Gasteiger partial charge in [0.05, 0.1) is 36.6 Å². The highest BCUT2D eigenvalue weighted by Gasteiger charge is 2.17. The topological polar surface area (TPSA) is 110 Å². The molecule has 1 aromatic carbocycles. The van der Waals surface area contributed by atoms with E-state index in [0.717, 1.165) is 0 Å². The van der Waals surface area contributed by atoms with Crippen molar-refractivity contribution < 1.29 is 18.6 Å². The van der Waals surface area contributed by atoms with Crippen molar-refractivity contribution in [2.45, 2.75) is 11.8 Å². The summed E-state index contributed by atoms with van der Waals surface area (Å²) in [6.45, 7) is -0.938. The van der Waals surface area contributed by atoms with Crippen LogP contribution in [0.25, 0.3) is 0 Å². The molecule has 0 radical (unpaired) electrons. The number of nitriles is 1. The first-order valence-electron chi connectivity index (χ1n) is 5.21. The molecule has 3 N–H and O–H groups in total. The summed E-state index contributed by atoms with van der Waals surface area (Å²) in [4.78, 5) is 0. The Morgan fingerprint density at radius 1 is 1.22 bits per heavy atom. The van der Waals surface area contributed by atoms with Gasteiger partial charge in [0.2, 0.25) is 10.0 Å². The summed E-state index contributed by atoms with van der Waals surface area (Å²) in [5.74, 6) is -0.269. The lowest BCUT2D eigenvalue weighted by molar-refractivity contribution is 0.185. The predicted molar refractivity (Wildman–Crippen MR) is 64.9 cm³/mol. The quantitative estimate of drug-likeness (QED) is 0.635. The number of nitrogens with one attached hydrogen (secondary N) is 1. The molecule has 0 aliphatic carbocycles. The molecule has 0 saturated heterocycles. The number of sulfonamides is 1. The van der Waals surface area contributed by atoms with Gasteiger partial charge in [-0.15, -0.1) is 0 Å². The molecule has 6 nitrogen and oxygen atoms in total. The lowest BCUT2D eigenvalue weighted by Gasteiger charge is -2.13. The Labute approximate surface area is 106 Å². The molecule has 0 amide bonds. The molecular formula is C11H14N2O4S. The average molecular weight is 270 g/mol. The SMILES string of the molecule is N#Cc1ccc(CS(=O)(=O)NC(CO)CO)cc1. The largest absolute Gasteiger partial charge is 0.395 e. The van der Waals surface area contributed by atoms with Crippen LogP contribution in [0.5, 0.6) is 0 Å². The van der Waals surface area contributed by atoms with E-state index in [9.17, 15) is 8.42 Å². The van der Waals surface area contributed by atoms with Gasteiger partial charge in [-0.05, 0) is 17.7 Å². The summed E-state index contributed by atoms with van der Waals surface area (Å²) >= 11 is 0. The van der Waals surface area contributed by atoms with Gasteiger partial charge in [-0.25, -0.2) is 13.1 Å². The Hall–Kier alpha value is -1.46. The van der Waals surface area contributed by atoms with Gasteiger partial charge in [-0.2, -0.15) is 5.26 Å². The molecule has 1 rings (SSSR count).